The number of ether oxygens (including phenoxy) is 1. The van der Waals surface area contributed by atoms with Gasteiger partial charge in [0.15, 0.2) is 0 Å². The van der Waals surface area contributed by atoms with Gasteiger partial charge in [-0.2, -0.15) is 0 Å². The Bertz CT molecular complexity index is 914. The highest BCUT2D eigenvalue weighted by Crippen LogP contribution is 2.27. The Morgan fingerprint density at radius 3 is 2.54 bits per heavy atom. The summed E-state index contributed by atoms with van der Waals surface area (Å²) in [4.78, 5) is 0. The van der Waals surface area contributed by atoms with E-state index in [0.717, 1.165) is 27.0 Å². The van der Waals surface area contributed by atoms with E-state index in [1.165, 1.54) is 5.56 Å². The van der Waals surface area contributed by atoms with Crippen LogP contribution in [0.5, 0.6) is 5.75 Å². The maximum Gasteiger partial charge on any atom is 0.124 e. The molecule has 0 aliphatic rings. The second-order valence-electron chi connectivity index (χ2n) is 5.94. The summed E-state index contributed by atoms with van der Waals surface area (Å²) in [5.41, 5.74) is 4.18. The van der Waals surface area contributed by atoms with E-state index in [0.29, 0.717) is 23.2 Å². The summed E-state index contributed by atoms with van der Waals surface area (Å²) < 4.78 is 7.07. The van der Waals surface area contributed by atoms with Gasteiger partial charge in [0.05, 0.1) is 0 Å². The molecule has 0 unspecified atom stereocenters. The van der Waals surface area contributed by atoms with Crippen LogP contribution in [0.2, 0.25) is 10.0 Å². The largest absolute Gasteiger partial charge is 0.488 e. The standard InChI is InChI=1S/C21H18BrCl2NO/c1-14-10-17(22)6-8-20(14)25-12-16-11-18(23)7-9-21(16)26-13-15-4-2-3-5-19(15)24/h2-11,25H,12-13H2,1H3. The fourth-order valence-electron chi connectivity index (χ4n) is 2.61. The van der Waals surface area contributed by atoms with Crippen LogP contribution in [-0.4, -0.2) is 0 Å². The van der Waals surface area contributed by atoms with Crippen LogP contribution in [-0.2, 0) is 13.2 Å². The molecule has 0 spiro atoms. The van der Waals surface area contributed by atoms with Crippen LogP contribution in [0.4, 0.5) is 5.69 Å². The first-order valence-corrected chi connectivity index (χ1v) is 9.72. The van der Waals surface area contributed by atoms with Gasteiger partial charge in [0, 0.05) is 37.9 Å². The summed E-state index contributed by atoms with van der Waals surface area (Å²) in [5, 5.41) is 4.83. The Labute approximate surface area is 172 Å². The van der Waals surface area contributed by atoms with Crippen molar-refractivity contribution in [2.45, 2.75) is 20.1 Å². The van der Waals surface area contributed by atoms with E-state index in [2.05, 4.69) is 34.2 Å². The fourth-order valence-corrected chi connectivity index (χ4v) is 3.47. The first-order valence-electron chi connectivity index (χ1n) is 8.17. The normalized spacial score (nSPS) is 10.6. The molecule has 0 atom stereocenters. The SMILES string of the molecule is Cc1cc(Br)ccc1NCc1cc(Cl)ccc1OCc1ccccc1Cl. The maximum atomic E-state index is 6.21. The number of anilines is 1. The number of benzene rings is 3. The number of hydrogen-bond acceptors (Lipinski definition) is 2. The van der Waals surface area contributed by atoms with E-state index in [1.54, 1.807) is 0 Å². The van der Waals surface area contributed by atoms with Gasteiger partial charge in [-0.05, 0) is 55.0 Å². The van der Waals surface area contributed by atoms with E-state index >= 15 is 0 Å². The molecule has 26 heavy (non-hydrogen) atoms. The van der Waals surface area contributed by atoms with Crippen molar-refractivity contribution in [3.63, 3.8) is 0 Å². The van der Waals surface area contributed by atoms with Crippen molar-refractivity contribution in [2.24, 2.45) is 0 Å². The maximum absolute atomic E-state index is 6.21. The lowest BCUT2D eigenvalue weighted by atomic mass is 10.1. The third-order valence-electron chi connectivity index (χ3n) is 4.02. The zero-order valence-corrected chi connectivity index (χ0v) is 17.3. The van der Waals surface area contributed by atoms with Crippen molar-refractivity contribution in [3.05, 3.63) is 91.9 Å². The van der Waals surface area contributed by atoms with Gasteiger partial charge in [0.1, 0.15) is 12.4 Å². The van der Waals surface area contributed by atoms with Crippen molar-refractivity contribution in [3.8, 4) is 5.75 Å². The average molecular weight is 451 g/mol. The molecular weight excluding hydrogens is 433 g/mol. The van der Waals surface area contributed by atoms with Crippen LogP contribution in [0.1, 0.15) is 16.7 Å². The Hall–Kier alpha value is -1.68. The van der Waals surface area contributed by atoms with Gasteiger partial charge in [0.25, 0.3) is 0 Å². The molecule has 134 valence electrons. The topological polar surface area (TPSA) is 21.3 Å². The first kappa shape index (κ1) is 19.1. The first-order chi connectivity index (χ1) is 12.5. The highest BCUT2D eigenvalue weighted by Gasteiger charge is 2.08. The van der Waals surface area contributed by atoms with Crippen LogP contribution in [0.15, 0.2) is 65.1 Å². The average Bonchev–Trinajstić information content (AvgIpc) is 2.61. The zero-order chi connectivity index (χ0) is 18.5. The lowest BCUT2D eigenvalue weighted by Crippen LogP contribution is -2.05. The number of rotatable bonds is 6. The summed E-state index contributed by atoms with van der Waals surface area (Å²) >= 11 is 15.9. The van der Waals surface area contributed by atoms with Crippen molar-refractivity contribution < 1.29 is 4.74 Å². The molecule has 0 heterocycles. The van der Waals surface area contributed by atoms with Gasteiger partial charge in [-0.3, -0.25) is 0 Å². The van der Waals surface area contributed by atoms with E-state index in [1.807, 2.05) is 54.6 Å². The number of hydrogen-bond donors (Lipinski definition) is 1. The number of aryl methyl sites for hydroxylation is 1. The molecule has 3 rings (SSSR count). The summed E-state index contributed by atoms with van der Waals surface area (Å²) in [5.74, 6) is 0.789. The molecule has 0 fully saturated rings. The quantitative estimate of drug-likeness (QED) is 0.426. The summed E-state index contributed by atoms with van der Waals surface area (Å²) in [6.07, 6.45) is 0. The second-order valence-corrected chi connectivity index (χ2v) is 7.70. The van der Waals surface area contributed by atoms with Crippen molar-refractivity contribution in [2.75, 3.05) is 5.32 Å². The third kappa shape index (κ3) is 4.94. The second kappa shape index (κ2) is 8.81. The molecule has 3 aromatic carbocycles. The van der Waals surface area contributed by atoms with Crippen LogP contribution in [0.25, 0.3) is 0 Å². The summed E-state index contributed by atoms with van der Waals surface area (Å²) in [6, 6.07) is 19.5. The number of nitrogens with one attached hydrogen (secondary N) is 1. The van der Waals surface area contributed by atoms with Crippen LogP contribution >= 0.6 is 39.1 Å². The minimum atomic E-state index is 0.408. The van der Waals surface area contributed by atoms with Crippen molar-refractivity contribution in [1.29, 1.82) is 0 Å². The lowest BCUT2D eigenvalue weighted by molar-refractivity contribution is 0.303. The molecule has 0 saturated heterocycles. The third-order valence-corrected chi connectivity index (χ3v) is 5.12. The summed E-state index contributed by atoms with van der Waals surface area (Å²) in [6.45, 7) is 3.09. The van der Waals surface area contributed by atoms with Crippen molar-refractivity contribution >= 4 is 44.8 Å². The van der Waals surface area contributed by atoms with Gasteiger partial charge in [-0.1, -0.05) is 57.3 Å². The Morgan fingerprint density at radius 2 is 1.77 bits per heavy atom. The van der Waals surface area contributed by atoms with E-state index < -0.39 is 0 Å². The van der Waals surface area contributed by atoms with Crippen LogP contribution < -0.4 is 10.1 Å². The molecule has 0 saturated carbocycles. The fraction of sp³-hybridized carbons (Fsp3) is 0.143. The molecule has 2 nitrogen and oxygen atoms in total. The highest BCUT2D eigenvalue weighted by molar-refractivity contribution is 9.10. The molecule has 0 aliphatic carbocycles. The van der Waals surface area contributed by atoms with E-state index in [9.17, 15) is 0 Å². The molecule has 0 amide bonds. The molecule has 0 bridgehead atoms. The van der Waals surface area contributed by atoms with Crippen LogP contribution in [0.3, 0.4) is 0 Å². The molecule has 0 radical (unpaired) electrons. The molecule has 0 aromatic heterocycles. The monoisotopic (exact) mass is 449 g/mol. The highest BCUT2D eigenvalue weighted by atomic mass is 79.9. The van der Waals surface area contributed by atoms with Crippen LogP contribution in [0, 0.1) is 6.92 Å². The van der Waals surface area contributed by atoms with Gasteiger partial charge in [-0.15, -0.1) is 0 Å². The Kier molecular flexibility index (Phi) is 6.47. The molecular formula is C21H18BrCl2NO. The predicted octanol–water partition coefficient (Wildman–Crippen LogP) is 7.26. The van der Waals surface area contributed by atoms with Gasteiger partial charge >= 0.3 is 0 Å². The smallest absolute Gasteiger partial charge is 0.124 e. The van der Waals surface area contributed by atoms with E-state index in [-0.39, 0.29) is 0 Å². The van der Waals surface area contributed by atoms with Gasteiger partial charge < -0.3 is 10.1 Å². The van der Waals surface area contributed by atoms with Gasteiger partial charge in [0.2, 0.25) is 0 Å². The Morgan fingerprint density at radius 1 is 0.962 bits per heavy atom. The van der Waals surface area contributed by atoms with E-state index in [4.69, 9.17) is 27.9 Å². The molecule has 1 N–H and O–H groups in total. The zero-order valence-electron chi connectivity index (χ0n) is 14.2. The lowest BCUT2D eigenvalue weighted by Gasteiger charge is -2.15. The van der Waals surface area contributed by atoms with Crippen molar-refractivity contribution in [1.82, 2.24) is 0 Å². The molecule has 0 aliphatic heterocycles. The minimum Gasteiger partial charge on any atom is -0.488 e. The Balaban J connectivity index is 1.74. The van der Waals surface area contributed by atoms with Gasteiger partial charge in [-0.25, -0.2) is 0 Å². The predicted molar refractivity (Wildman–Crippen MR) is 113 cm³/mol. The minimum absolute atomic E-state index is 0.408. The summed E-state index contributed by atoms with van der Waals surface area (Å²) in [7, 11) is 0. The number of halogens is 3. The molecule has 3 aromatic rings. The molecule has 5 heteroatoms.